The molecule has 0 spiro atoms. The number of rotatable bonds is 5. The molecule has 0 bridgehead atoms. The first-order valence-electron chi connectivity index (χ1n) is 6.09. The first-order valence-corrected chi connectivity index (χ1v) is 6.09. The molecule has 5 heteroatoms. The molecule has 19 heavy (non-hydrogen) atoms. The molecule has 0 aliphatic rings. The summed E-state index contributed by atoms with van der Waals surface area (Å²) >= 11 is 0. The van der Waals surface area contributed by atoms with Gasteiger partial charge < -0.3 is 10.1 Å². The number of hydrogen-bond donors (Lipinski definition) is 1. The van der Waals surface area contributed by atoms with Gasteiger partial charge in [0.15, 0.2) is 0 Å². The molecule has 100 valence electrons. The lowest BCUT2D eigenvalue weighted by Crippen LogP contribution is -2.25. The lowest BCUT2D eigenvalue weighted by atomic mass is 10.1. The molecule has 0 aliphatic carbocycles. The maximum Gasteiger partial charge on any atom is 0.254 e. The van der Waals surface area contributed by atoms with Gasteiger partial charge in [0, 0.05) is 19.8 Å². The molecule has 1 heterocycles. The summed E-state index contributed by atoms with van der Waals surface area (Å²) in [6, 6.07) is 7.82. The van der Waals surface area contributed by atoms with Gasteiger partial charge in [-0.15, -0.1) is 0 Å². The number of benzene rings is 1. The Balaban J connectivity index is 1.84. The van der Waals surface area contributed by atoms with Crippen LogP contribution in [0.1, 0.15) is 15.9 Å². The Labute approximate surface area is 112 Å². The predicted octanol–water partition coefficient (Wildman–Crippen LogP) is 1.40. The van der Waals surface area contributed by atoms with Gasteiger partial charge in [-0.3, -0.25) is 9.48 Å². The van der Waals surface area contributed by atoms with E-state index in [1.165, 1.54) is 0 Å². The third-order valence-corrected chi connectivity index (χ3v) is 2.80. The molecule has 1 amide bonds. The number of hydrogen-bond acceptors (Lipinski definition) is 3. The first kappa shape index (κ1) is 13.1. The maximum atomic E-state index is 11.8. The quantitative estimate of drug-likeness (QED) is 0.883. The van der Waals surface area contributed by atoms with Gasteiger partial charge in [0.2, 0.25) is 0 Å². The number of carbonyl (C=O) groups excluding carboxylic acids is 1. The molecule has 5 nitrogen and oxygen atoms in total. The average molecular weight is 259 g/mol. The smallest absolute Gasteiger partial charge is 0.254 e. The van der Waals surface area contributed by atoms with E-state index >= 15 is 0 Å². The van der Waals surface area contributed by atoms with Crippen LogP contribution in [-0.4, -0.2) is 29.3 Å². The monoisotopic (exact) mass is 259 g/mol. The van der Waals surface area contributed by atoms with E-state index in [9.17, 15) is 4.79 Å². The molecule has 0 aliphatic heterocycles. The van der Waals surface area contributed by atoms with Crippen LogP contribution in [0, 0.1) is 0 Å². The highest BCUT2D eigenvalue weighted by atomic mass is 16.5. The minimum Gasteiger partial charge on any atom is -0.497 e. The van der Waals surface area contributed by atoms with E-state index in [4.69, 9.17) is 4.74 Å². The van der Waals surface area contributed by atoms with Crippen LogP contribution in [0.3, 0.4) is 0 Å². The second-order valence-electron chi connectivity index (χ2n) is 4.26. The van der Waals surface area contributed by atoms with Gasteiger partial charge in [-0.25, -0.2) is 0 Å². The Bertz CT molecular complexity index is 563. The van der Waals surface area contributed by atoms with E-state index in [2.05, 4.69) is 10.4 Å². The largest absolute Gasteiger partial charge is 0.497 e. The van der Waals surface area contributed by atoms with Gasteiger partial charge in [0.25, 0.3) is 5.91 Å². The van der Waals surface area contributed by atoms with E-state index in [0.29, 0.717) is 12.1 Å². The third kappa shape index (κ3) is 3.58. The van der Waals surface area contributed by atoms with Crippen LogP contribution in [0.5, 0.6) is 5.75 Å². The SMILES string of the molecule is COc1cccc(CCNC(=O)c2cnn(C)c2)c1. The number of nitrogens with one attached hydrogen (secondary N) is 1. The van der Waals surface area contributed by atoms with Crippen LogP contribution in [0.4, 0.5) is 0 Å². The van der Waals surface area contributed by atoms with Gasteiger partial charge >= 0.3 is 0 Å². The van der Waals surface area contributed by atoms with Crippen LogP contribution in [-0.2, 0) is 13.5 Å². The number of ether oxygens (including phenoxy) is 1. The molecule has 1 aromatic carbocycles. The minimum absolute atomic E-state index is 0.101. The zero-order valence-corrected chi connectivity index (χ0v) is 11.1. The zero-order chi connectivity index (χ0) is 13.7. The highest BCUT2D eigenvalue weighted by Gasteiger charge is 2.06. The summed E-state index contributed by atoms with van der Waals surface area (Å²) < 4.78 is 6.76. The zero-order valence-electron chi connectivity index (χ0n) is 11.1. The lowest BCUT2D eigenvalue weighted by molar-refractivity contribution is 0.0954. The third-order valence-electron chi connectivity index (χ3n) is 2.80. The number of aromatic nitrogens is 2. The summed E-state index contributed by atoms with van der Waals surface area (Å²) in [5.41, 5.74) is 1.71. The first-order chi connectivity index (χ1) is 9.19. The Hall–Kier alpha value is -2.30. The van der Waals surface area contributed by atoms with E-state index in [0.717, 1.165) is 17.7 Å². The average Bonchev–Trinajstić information content (AvgIpc) is 2.86. The standard InChI is InChI=1S/C14H17N3O2/c1-17-10-12(9-16-17)14(18)15-7-6-11-4-3-5-13(8-11)19-2/h3-5,8-10H,6-7H2,1-2H3,(H,15,18). The van der Waals surface area contributed by atoms with Crippen LogP contribution in [0.2, 0.25) is 0 Å². The van der Waals surface area contributed by atoms with Crippen molar-refractivity contribution < 1.29 is 9.53 Å². The summed E-state index contributed by atoms with van der Waals surface area (Å²) in [6.45, 7) is 0.584. The number of aryl methyl sites for hydroxylation is 1. The summed E-state index contributed by atoms with van der Waals surface area (Å²) in [5, 5.41) is 6.83. The van der Waals surface area contributed by atoms with Crippen molar-refractivity contribution in [2.75, 3.05) is 13.7 Å². The summed E-state index contributed by atoms with van der Waals surface area (Å²) in [4.78, 5) is 11.8. The topological polar surface area (TPSA) is 56.1 Å². The second kappa shape index (κ2) is 6.04. The fourth-order valence-electron chi connectivity index (χ4n) is 1.79. The van der Waals surface area contributed by atoms with Crippen molar-refractivity contribution in [2.24, 2.45) is 7.05 Å². The summed E-state index contributed by atoms with van der Waals surface area (Å²) in [7, 11) is 3.43. The minimum atomic E-state index is -0.101. The molecular weight excluding hydrogens is 242 g/mol. The van der Waals surface area contributed by atoms with E-state index in [-0.39, 0.29) is 5.91 Å². The van der Waals surface area contributed by atoms with Crippen molar-refractivity contribution in [2.45, 2.75) is 6.42 Å². The van der Waals surface area contributed by atoms with E-state index < -0.39 is 0 Å². The van der Waals surface area contributed by atoms with Crippen molar-refractivity contribution in [3.05, 3.63) is 47.8 Å². The number of nitrogens with zero attached hydrogens (tertiary/aromatic N) is 2. The molecule has 0 saturated carbocycles. The summed E-state index contributed by atoms with van der Waals surface area (Å²) in [6.07, 6.45) is 4.02. The van der Waals surface area contributed by atoms with E-state index in [1.54, 1.807) is 31.2 Å². The van der Waals surface area contributed by atoms with Crippen molar-refractivity contribution in [3.63, 3.8) is 0 Å². The van der Waals surface area contributed by atoms with Gasteiger partial charge in [-0.05, 0) is 24.1 Å². The molecule has 0 saturated heterocycles. The molecule has 0 fully saturated rings. The molecule has 0 unspecified atom stereocenters. The fraction of sp³-hybridized carbons (Fsp3) is 0.286. The molecular formula is C14H17N3O2. The van der Waals surface area contributed by atoms with Gasteiger partial charge in [0.1, 0.15) is 5.75 Å². The lowest BCUT2D eigenvalue weighted by Gasteiger charge is -2.05. The molecule has 1 aromatic heterocycles. The number of amides is 1. The maximum absolute atomic E-state index is 11.8. The Kier molecular flexibility index (Phi) is 4.18. The van der Waals surface area contributed by atoms with E-state index in [1.807, 2.05) is 24.3 Å². The van der Waals surface area contributed by atoms with Crippen molar-refractivity contribution in [1.29, 1.82) is 0 Å². The second-order valence-corrected chi connectivity index (χ2v) is 4.26. The highest BCUT2D eigenvalue weighted by molar-refractivity contribution is 5.93. The summed E-state index contributed by atoms with van der Waals surface area (Å²) in [5.74, 6) is 0.729. The number of carbonyl (C=O) groups is 1. The molecule has 0 atom stereocenters. The van der Waals surface area contributed by atoms with Crippen molar-refractivity contribution in [1.82, 2.24) is 15.1 Å². The molecule has 2 aromatic rings. The Morgan fingerprint density at radius 3 is 3.00 bits per heavy atom. The fourth-order valence-corrected chi connectivity index (χ4v) is 1.79. The normalized spacial score (nSPS) is 10.2. The van der Waals surface area contributed by atoms with Crippen LogP contribution >= 0.6 is 0 Å². The van der Waals surface area contributed by atoms with Crippen LogP contribution in [0.25, 0.3) is 0 Å². The van der Waals surface area contributed by atoms with Crippen molar-refractivity contribution in [3.8, 4) is 5.75 Å². The van der Waals surface area contributed by atoms with Gasteiger partial charge in [-0.1, -0.05) is 12.1 Å². The Morgan fingerprint density at radius 2 is 2.32 bits per heavy atom. The highest BCUT2D eigenvalue weighted by Crippen LogP contribution is 2.12. The predicted molar refractivity (Wildman–Crippen MR) is 72.2 cm³/mol. The molecule has 1 N–H and O–H groups in total. The van der Waals surface area contributed by atoms with Crippen LogP contribution < -0.4 is 10.1 Å². The van der Waals surface area contributed by atoms with Crippen LogP contribution in [0.15, 0.2) is 36.7 Å². The van der Waals surface area contributed by atoms with Crippen molar-refractivity contribution >= 4 is 5.91 Å². The number of methoxy groups -OCH3 is 1. The van der Waals surface area contributed by atoms with Gasteiger partial charge in [-0.2, -0.15) is 5.10 Å². The molecule has 2 rings (SSSR count). The Morgan fingerprint density at radius 1 is 1.47 bits per heavy atom. The van der Waals surface area contributed by atoms with Gasteiger partial charge in [0.05, 0.1) is 18.9 Å². The molecule has 0 radical (unpaired) electrons.